The average Bonchev–Trinajstić information content (AvgIpc) is 1.89. The van der Waals surface area contributed by atoms with Crippen molar-refractivity contribution in [3.05, 3.63) is 0 Å². The quantitative estimate of drug-likeness (QED) is 0.365. The van der Waals surface area contributed by atoms with Crippen LogP contribution in [0.2, 0.25) is 0 Å². The van der Waals surface area contributed by atoms with Crippen LogP contribution in [0.4, 0.5) is 0 Å². The first kappa shape index (κ1) is 6.95. The fourth-order valence-corrected chi connectivity index (χ4v) is 0.946. The molecule has 4 heteroatoms. The summed E-state index contributed by atoms with van der Waals surface area (Å²) in [6.07, 6.45) is 0. The van der Waals surface area contributed by atoms with E-state index in [0.717, 1.165) is 19.6 Å². The largest absolute Gasteiger partial charge is 0.395 e. The van der Waals surface area contributed by atoms with Gasteiger partial charge in [-0.15, -0.1) is 0 Å². The van der Waals surface area contributed by atoms with E-state index in [1.807, 2.05) is 0 Å². The molecule has 0 radical (unpaired) electrons. The molecule has 1 aliphatic rings. The van der Waals surface area contributed by atoms with Crippen molar-refractivity contribution in [3.8, 4) is 0 Å². The van der Waals surface area contributed by atoms with Crippen molar-refractivity contribution in [2.45, 2.75) is 6.04 Å². The van der Waals surface area contributed by atoms with Crippen molar-refractivity contribution in [2.75, 3.05) is 26.2 Å². The van der Waals surface area contributed by atoms with E-state index in [9.17, 15) is 0 Å². The van der Waals surface area contributed by atoms with Gasteiger partial charge in [0.15, 0.2) is 0 Å². The highest BCUT2D eigenvalue weighted by atomic mass is 16.3. The predicted octanol–water partition coefficient (Wildman–Crippen LogP) is -1.87. The number of nitrogens with one attached hydrogen (secondary N) is 1. The van der Waals surface area contributed by atoms with Crippen LogP contribution in [0.25, 0.3) is 0 Å². The Kier molecular flexibility index (Phi) is 2.41. The number of hydrogen-bond donors (Lipinski definition) is 3. The summed E-state index contributed by atoms with van der Waals surface area (Å²) in [5, 5.41) is 13.5. The number of rotatable bonds is 1. The lowest BCUT2D eigenvalue weighted by Gasteiger charge is -2.30. The van der Waals surface area contributed by atoms with Crippen molar-refractivity contribution in [2.24, 2.45) is 5.84 Å². The van der Waals surface area contributed by atoms with Gasteiger partial charge in [-0.25, -0.2) is 5.01 Å². The first-order valence-electron chi connectivity index (χ1n) is 3.17. The smallest absolute Gasteiger partial charge is 0.0613 e. The monoisotopic (exact) mass is 131 g/mol. The lowest BCUT2D eigenvalue weighted by molar-refractivity contribution is 0.102. The number of aliphatic hydroxyl groups is 1. The lowest BCUT2D eigenvalue weighted by atomic mass is 10.2. The molecule has 9 heavy (non-hydrogen) atoms. The number of hydrazine groups is 1. The normalized spacial score (nSPS) is 30.7. The molecule has 1 aliphatic heterocycles. The van der Waals surface area contributed by atoms with E-state index in [0.29, 0.717) is 0 Å². The first-order valence-corrected chi connectivity index (χ1v) is 3.17. The molecule has 1 fully saturated rings. The number of piperazine rings is 1. The van der Waals surface area contributed by atoms with E-state index in [-0.39, 0.29) is 12.6 Å². The third kappa shape index (κ3) is 1.62. The Morgan fingerprint density at radius 2 is 2.56 bits per heavy atom. The van der Waals surface area contributed by atoms with Crippen LogP contribution in [-0.4, -0.2) is 42.4 Å². The minimum atomic E-state index is 0.110. The minimum Gasteiger partial charge on any atom is -0.395 e. The van der Waals surface area contributed by atoms with Gasteiger partial charge in [0.1, 0.15) is 0 Å². The molecule has 0 spiro atoms. The maximum absolute atomic E-state index is 8.70. The molecule has 0 aliphatic carbocycles. The van der Waals surface area contributed by atoms with E-state index in [2.05, 4.69) is 5.32 Å². The van der Waals surface area contributed by atoms with Crippen LogP contribution in [0.3, 0.4) is 0 Å². The molecule has 1 rings (SSSR count). The molecule has 54 valence electrons. The molecule has 1 heterocycles. The summed E-state index contributed by atoms with van der Waals surface area (Å²) in [4.78, 5) is 0. The highest BCUT2D eigenvalue weighted by molar-refractivity contribution is 4.74. The molecule has 4 N–H and O–H groups in total. The van der Waals surface area contributed by atoms with Crippen LogP contribution in [-0.2, 0) is 0 Å². The second-order valence-electron chi connectivity index (χ2n) is 2.28. The molecule has 0 aromatic rings. The van der Waals surface area contributed by atoms with Crippen LogP contribution in [0.5, 0.6) is 0 Å². The Bertz CT molecular complexity index is 88.3. The molecule has 0 saturated carbocycles. The van der Waals surface area contributed by atoms with Gasteiger partial charge in [-0.1, -0.05) is 0 Å². The first-order chi connectivity index (χ1) is 4.34. The zero-order valence-electron chi connectivity index (χ0n) is 5.38. The summed E-state index contributed by atoms with van der Waals surface area (Å²) in [5.41, 5.74) is 0. The topological polar surface area (TPSA) is 61.5 Å². The maximum Gasteiger partial charge on any atom is 0.0613 e. The lowest BCUT2D eigenvalue weighted by Crippen LogP contribution is -2.55. The van der Waals surface area contributed by atoms with Gasteiger partial charge in [0, 0.05) is 19.6 Å². The van der Waals surface area contributed by atoms with E-state index in [1.54, 1.807) is 5.01 Å². The molecular weight excluding hydrogens is 118 g/mol. The molecule has 1 atom stereocenters. The summed E-state index contributed by atoms with van der Waals surface area (Å²) in [6.45, 7) is 2.69. The second-order valence-corrected chi connectivity index (χ2v) is 2.28. The van der Waals surface area contributed by atoms with E-state index in [1.165, 1.54) is 0 Å². The third-order valence-corrected chi connectivity index (χ3v) is 1.61. The van der Waals surface area contributed by atoms with Gasteiger partial charge < -0.3 is 10.4 Å². The number of aliphatic hydroxyl groups excluding tert-OH is 1. The van der Waals surface area contributed by atoms with Gasteiger partial charge >= 0.3 is 0 Å². The van der Waals surface area contributed by atoms with Crippen molar-refractivity contribution >= 4 is 0 Å². The van der Waals surface area contributed by atoms with Gasteiger partial charge in [-0.3, -0.25) is 5.84 Å². The van der Waals surface area contributed by atoms with Crippen molar-refractivity contribution in [1.82, 2.24) is 10.3 Å². The second kappa shape index (κ2) is 3.12. The predicted molar refractivity (Wildman–Crippen MR) is 34.6 cm³/mol. The van der Waals surface area contributed by atoms with Gasteiger partial charge in [-0.2, -0.15) is 0 Å². The summed E-state index contributed by atoms with van der Waals surface area (Å²) >= 11 is 0. The molecule has 4 nitrogen and oxygen atoms in total. The Hall–Kier alpha value is -0.160. The van der Waals surface area contributed by atoms with Gasteiger partial charge in [0.2, 0.25) is 0 Å². The van der Waals surface area contributed by atoms with E-state index < -0.39 is 0 Å². The summed E-state index contributed by atoms with van der Waals surface area (Å²) in [5.74, 6) is 5.52. The molecule has 0 unspecified atom stereocenters. The van der Waals surface area contributed by atoms with Gasteiger partial charge in [0.05, 0.1) is 12.6 Å². The minimum absolute atomic E-state index is 0.110. The van der Waals surface area contributed by atoms with Crippen molar-refractivity contribution < 1.29 is 5.11 Å². The van der Waals surface area contributed by atoms with E-state index >= 15 is 0 Å². The van der Waals surface area contributed by atoms with Crippen LogP contribution < -0.4 is 11.2 Å². The molecule has 0 aromatic heterocycles. The standard InChI is InChI=1S/C5H13N3O/c6-8-2-1-7-3-5(8)4-9/h5,7,9H,1-4,6H2/t5-/m0/s1. The Morgan fingerprint density at radius 3 is 3.00 bits per heavy atom. The third-order valence-electron chi connectivity index (χ3n) is 1.61. The average molecular weight is 131 g/mol. The number of hydrogen-bond acceptors (Lipinski definition) is 4. The molecule has 0 bridgehead atoms. The molecule has 0 aromatic carbocycles. The van der Waals surface area contributed by atoms with Gasteiger partial charge in [0.25, 0.3) is 0 Å². The Morgan fingerprint density at radius 1 is 1.78 bits per heavy atom. The highest BCUT2D eigenvalue weighted by Gasteiger charge is 2.16. The molecule has 0 amide bonds. The summed E-state index contributed by atoms with van der Waals surface area (Å²) in [6, 6.07) is 0.110. The van der Waals surface area contributed by atoms with Gasteiger partial charge in [-0.05, 0) is 0 Å². The number of nitrogens with two attached hydrogens (primary N) is 1. The Labute approximate surface area is 54.6 Å². The Balaban J connectivity index is 2.30. The molecule has 1 saturated heterocycles. The zero-order valence-corrected chi connectivity index (χ0v) is 5.38. The molecular formula is C5H13N3O. The highest BCUT2D eigenvalue weighted by Crippen LogP contribution is 1.94. The fraction of sp³-hybridized carbons (Fsp3) is 1.00. The summed E-state index contributed by atoms with van der Waals surface area (Å²) in [7, 11) is 0. The van der Waals surface area contributed by atoms with E-state index in [4.69, 9.17) is 10.9 Å². The van der Waals surface area contributed by atoms with Crippen molar-refractivity contribution in [1.29, 1.82) is 0 Å². The zero-order chi connectivity index (χ0) is 6.69. The maximum atomic E-state index is 8.70. The summed E-state index contributed by atoms with van der Waals surface area (Å²) < 4.78 is 0. The number of nitrogens with zero attached hydrogens (tertiary/aromatic N) is 1. The van der Waals surface area contributed by atoms with Crippen LogP contribution in [0, 0.1) is 0 Å². The fourth-order valence-electron chi connectivity index (χ4n) is 0.946. The van der Waals surface area contributed by atoms with Crippen molar-refractivity contribution in [3.63, 3.8) is 0 Å². The SMILES string of the molecule is NN1CCNC[C@H]1CO. The van der Waals surface area contributed by atoms with Crippen LogP contribution in [0.1, 0.15) is 0 Å². The van der Waals surface area contributed by atoms with Crippen LogP contribution in [0.15, 0.2) is 0 Å². The van der Waals surface area contributed by atoms with Crippen LogP contribution >= 0.6 is 0 Å².